The molecular formula is C21H31NO2. The Hall–Kier alpha value is -1.77. The Labute approximate surface area is 146 Å². The first-order chi connectivity index (χ1) is 11.7. The lowest BCUT2D eigenvalue weighted by Gasteiger charge is -2.27. The molecule has 1 aromatic rings. The standard InChI is InChI=1S/C21H31NO2/c1-3-5-6-7-17-8-10-18(11-9-17)19-12-14-20(15-13-19)22(16-4-2)21(23)24/h6-7,12-15,17-18H,3-5,8-11,16H2,1-2H3,(H,23,24)/t17-,18-. The maximum absolute atomic E-state index is 11.3. The minimum atomic E-state index is -0.871. The molecule has 1 N–H and O–H groups in total. The van der Waals surface area contributed by atoms with Crippen LogP contribution in [0.3, 0.4) is 0 Å². The minimum Gasteiger partial charge on any atom is -0.465 e. The third kappa shape index (κ3) is 5.12. The molecule has 24 heavy (non-hydrogen) atoms. The molecule has 0 atom stereocenters. The highest BCUT2D eigenvalue weighted by molar-refractivity contribution is 5.85. The number of benzene rings is 1. The Morgan fingerprint density at radius 3 is 2.33 bits per heavy atom. The lowest BCUT2D eigenvalue weighted by molar-refractivity contribution is 0.202. The summed E-state index contributed by atoms with van der Waals surface area (Å²) in [5.41, 5.74) is 2.14. The molecule has 0 aromatic heterocycles. The Balaban J connectivity index is 1.93. The smallest absolute Gasteiger partial charge is 0.411 e. The van der Waals surface area contributed by atoms with Gasteiger partial charge >= 0.3 is 6.09 Å². The van der Waals surface area contributed by atoms with Crippen LogP contribution in [-0.2, 0) is 0 Å². The maximum atomic E-state index is 11.3. The highest BCUT2D eigenvalue weighted by atomic mass is 16.4. The van der Waals surface area contributed by atoms with E-state index in [0.717, 1.165) is 18.0 Å². The number of hydrogen-bond acceptors (Lipinski definition) is 1. The van der Waals surface area contributed by atoms with Crippen molar-refractivity contribution in [3.63, 3.8) is 0 Å². The van der Waals surface area contributed by atoms with E-state index in [0.29, 0.717) is 12.5 Å². The minimum absolute atomic E-state index is 0.546. The van der Waals surface area contributed by atoms with Crippen LogP contribution >= 0.6 is 0 Å². The molecule has 132 valence electrons. The van der Waals surface area contributed by atoms with E-state index >= 15 is 0 Å². The highest BCUT2D eigenvalue weighted by Crippen LogP contribution is 2.36. The third-order valence-electron chi connectivity index (χ3n) is 4.99. The number of unbranched alkanes of at least 4 members (excludes halogenated alkanes) is 1. The van der Waals surface area contributed by atoms with Crippen molar-refractivity contribution >= 4 is 11.8 Å². The van der Waals surface area contributed by atoms with E-state index in [4.69, 9.17) is 0 Å². The summed E-state index contributed by atoms with van der Waals surface area (Å²) >= 11 is 0. The molecule has 1 fully saturated rings. The molecule has 1 saturated carbocycles. The van der Waals surface area contributed by atoms with Gasteiger partial charge in [-0.05, 0) is 68.1 Å². The summed E-state index contributed by atoms with van der Waals surface area (Å²) in [7, 11) is 0. The van der Waals surface area contributed by atoms with E-state index in [1.807, 2.05) is 19.1 Å². The van der Waals surface area contributed by atoms with E-state index < -0.39 is 6.09 Å². The van der Waals surface area contributed by atoms with Crippen LogP contribution < -0.4 is 4.90 Å². The molecular weight excluding hydrogens is 298 g/mol. The van der Waals surface area contributed by atoms with Gasteiger partial charge in [-0.2, -0.15) is 0 Å². The molecule has 3 heteroatoms. The fraction of sp³-hybridized carbons (Fsp3) is 0.571. The Morgan fingerprint density at radius 1 is 1.12 bits per heavy atom. The van der Waals surface area contributed by atoms with Gasteiger partial charge in [-0.15, -0.1) is 0 Å². The summed E-state index contributed by atoms with van der Waals surface area (Å²) < 4.78 is 0. The molecule has 0 spiro atoms. The zero-order valence-electron chi connectivity index (χ0n) is 15.1. The van der Waals surface area contributed by atoms with Crippen LogP contribution in [0, 0.1) is 5.92 Å². The number of anilines is 1. The van der Waals surface area contributed by atoms with Gasteiger partial charge in [0.1, 0.15) is 0 Å². The monoisotopic (exact) mass is 329 g/mol. The van der Waals surface area contributed by atoms with Gasteiger partial charge in [0.2, 0.25) is 0 Å². The first-order valence-electron chi connectivity index (χ1n) is 9.42. The van der Waals surface area contributed by atoms with Crippen LogP contribution in [0.2, 0.25) is 0 Å². The van der Waals surface area contributed by atoms with Gasteiger partial charge in [0.05, 0.1) is 0 Å². The van der Waals surface area contributed by atoms with Gasteiger partial charge in [-0.3, -0.25) is 4.90 Å². The zero-order valence-corrected chi connectivity index (χ0v) is 15.1. The van der Waals surface area contributed by atoms with Gasteiger partial charge in [0.25, 0.3) is 0 Å². The average Bonchev–Trinajstić information content (AvgIpc) is 2.60. The van der Waals surface area contributed by atoms with Crippen molar-refractivity contribution < 1.29 is 9.90 Å². The highest BCUT2D eigenvalue weighted by Gasteiger charge is 2.21. The van der Waals surface area contributed by atoms with Crippen molar-refractivity contribution in [3.05, 3.63) is 42.0 Å². The summed E-state index contributed by atoms with van der Waals surface area (Å²) in [4.78, 5) is 12.8. The molecule has 0 aliphatic heterocycles. The van der Waals surface area contributed by atoms with Crippen LogP contribution in [0.15, 0.2) is 36.4 Å². The number of carboxylic acid groups (broad SMARTS) is 1. The lowest BCUT2D eigenvalue weighted by Crippen LogP contribution is -2.29. The van der Waals surface area contributed by atoms with Crippen molar-refractivity contribution in [3.8, 4) is 0 Å². The lowest BCUT2D eigenvalue weighted by atomic mass is 9.78. The second-order valence-electron chi connectivity index (χ2n) is 6.85. The number of hydrogen-bond donors (Lipinski definition) is 1. The number of nitrogens with zero attached hydrogens (tertiary/aromatic N) is 1. The van der Waals surface area contributed by atoms with Crippen LogP contribution in [-0.4, -0.2) is 17.7 Å². The molecule has 0 saturated heterocycles. The fourth-order valence-electron chi connectivity index (χ4n) is 3.59. The second kappa shape index (κ2) is 9.51. The summed E-state index contributed by atoms with van der Waals surface area (Å²) in [5, 5.41) is 9.31. The van der Waals surface area contributed by atoms with Crippen LogP contribution in [0.5, 0.6) is 0 Å². The van der Waals surface area contributed by atoms with E-state index in [-0.39, 0.29) is 0 Å². The van der Waals surface area contributed by atoms with Gasteiger partial charge in [-0.25, -0.2) is 4.79 Å². The molecule has 1 aliphatic rings. The van der Waals surface area contributed by atoms with Crippen LogP contribution in [0.4, 0.5) is 10.5 Å². The molecule has 1 aromatic carbocycles. The van der Waals surface area contributed by atoms with Crippen LogP contribution in [0.1, 0.15) is 70.3 Å². The molecule has 0 radical (unpaired) electrons. The van der Waals surface area contributed by atoms with Gasteiger partial charge in [-0.1, -0.05) is 44.6 Å². The maximum Gasteiger partial charge on any atom is 0.411 e. The topological polar surface area (TPSA) is 40.5 Å². The number of rotatable bonds is 7. The molecule has 1 amide bonds. The van der Waals surface area contributed by atoms with Gasteiger partial charge in [0, 0.05) is 12.2 Å². The zero-order chi connectivity index (χ0) is 17.4. The van der Waals surface area contributed by atoms with Crippen molar-refractivity contribution in [2.24, 2.45) is 5.92 Å². The fourth-order valence-corrected chi connectivity index (χ4v) is 3.59. The number of carbonyl (C=O) groups is 1. The van der Waals surface area contributed by atoms with E-state index in [1.54, 1.807) is 0 Å². The molecule has 2 rings (SSSR count). The number of amides is 1. The van der Waals surface area contributed by atoms with Crippen molar-refractivity contribution in [1.82, 2.24) is 0 Å². The molecule has 0 heterocycles. The molecule has 1 aliphatic carbocycles. The predicted octanol–water partition coefficient (Wildman–Crippen LogP) is 6.21. The molecule has 3 nitrogen and oxygen atoms in total. The third-order valence-corrected chi connectivity index (χ3v) is 4.99. The summed E-state index contributed by atoms with van der Waals surface area (Å²) in [6, 6.07) is 8.18. The van der Waals surface area contributed by atoms with E-state index in [9.17, 15) is 9.90 Å². The molecule has 0 unspecified atom stereocenters. The SMILES string of the molecule is CCCC=C[C@H]1CC[C@H](c2ccc(N(CCC)C(=O)O)cc2)CC1. The van der Waals surface area contributed by atoms with Crippen LogP contribution in [0.25, 0.3) is 0 Å². The summed E-state index contributed by atoms with van der Waals surface area (Å²) in [6.45, 7) is 4.76. The quantitative estimate of drug-likeness (QED) is 0.604. The van der Waals surface area contributed by atoms with Gasteiger partial charge < -0.3 is 5.11 Å². The van der Waals surface area contributed by atoms with Crippen molar-refractivity contribution in [2.45, 2.75) is 64.7 Å². The largest absolute Gasteiger partial charge is 0.465 e. The first kappa shape index (κ1) is 18.6. The Morgan fingerprint density at radius 2 is 1.79 bits per heavy atom. The molecule has 0 bridgehead atoms. The Bertz CT molecular complexity index is 527. The predicted molar refractivity (Wildman–Crippen MR) is 101 cm³/mol. The summed E-state index contributed by atoms with van der Waals surface area (Å²) in [6.07, 6.45) is 12.1. The van der Waals surface area contributed by atoms with Crippen molar-refractivity contribution in [1.29, 1.82) is 0 Å². The average molecular weight is 329 g/mol. The summed E-state index contributed by atoms with van der Waals surface area (Å²) in [5.74, 6) is 1.37. The second-order valence-corrected chi connectivity index (χ2v) is 6.85. The van der Waals surface area contributed by atoms with E-state index in [2.05, 4.69) is 31.2 Å². The van der Waals surface area contributed by atoms with Gasteiger partial charge in [0.15, 0.2) is 0 Å². The van der Waals surface area contributed by atoms with E-state index in [1.165, 1.54) is 49.0 Å². The number of allylic oxidation sites excluding steroid dienone is 2. The Kier molecular flexibility index (Phi) is 7.36. The van der Waals surface area contributed by atoms with Crippen molar-refractivity contribution in [2.75, 3.05) is 11.4 Å². The first-order valence-corrected chi connectivity index (χ1v) is 9.42. The normalized spacial score (nSPS) is 21.1.